The second-order valence-electron chi connectivity index (χ2n) is 4.45. The molecule has 0 fully saturated rings. The SMILES string of the molecule is CC(=O)OCCCCCC(=O)O.O=C([O-])CCCCCO.[K+]. The van der Waals surface area contributed by atoms with Gasteiger partial charge in [0.05, 0.1) is 6.61 Å². The van der Waals surface area contributed by atoms with Gasteiger partial charge < -0.3 is 24.9 Å². The molecule has 8 heteroatoms. The van der Waals surface area contributed by atoms with Crippen molar-refractivity contribution < 1.29 is 85.8 Å². The van der Waals surface area contributed by atoms with E-state index in [1.165, 1.54) is 6.92 Å². The van der Waals surface area contributed by atoms with Crippen LogP contribution in [0.4, 0.5) is 0 Å². The number of carboxylic acid groups (broad SMARTS) is 2. The van der Waals surface area contributed by atoms with Gasteiger partial charge in [0.1, 0.15) is 0 Å². The van der Waals surface area contributed by atoms with Crippen molar-refractivity contribution in [2.75, 3.05) is 13.2 Å². The van der Waals surface area contributed by atoms with Crippen molar-refractivity contribution in [3.8, 4) is 0 Å². The van der Waals surface area contributed by atoms with Crippen LogP contribution in [0.2, 0.25) is 0 Å². The van der Waals surface area contributed by atoms with Crippen LogP contribution in [0.25, 0.3) is 0 Å². The maximum atomic E-state index is 10.3. The van der Waals surface area contributed by atoms with Gasteiger partial charge in [-0.25, -0.2) is 0 Å². The zero-order chi connectivity index (χ0) is 16.5. The summed E-state index contributed by atoms with van der Waals surface area (Å²) in [6, 6.07) is 0. The molecule has 0 aromatic carbocycles. The van der Waals surface area contributed by atoms with Crippen molar-refractivity contribution in [3.05, 3.63) is 0 Å². The van der Waals surface area contributed by atoms with Gasteiger partial charge in [0.15, 0.2) is 0 Å². The first-order chi connectivity index (χ1) is 9.90. The predicted molar refractivity (Wildman–Crippen MR) is 73.3 cm³/mol. The molecule has 0 spiro atoms. The molecule has 0 heterocycles. The Morgan fingerprint density at radius 2 is 1.50 bits per heavy atom. The molecule has 0 bridgehead atoms. The third kappa shape index (κ3) is 32.1. The molecule has 7 nitrogen and oxygen atoms in total. The van der Waals surface area contributed by atoms with E-state index in [9.17, 15) is 19.5 Å². The minimum absolute atomic E-state index is 0. The molecule has 0 amide bonds. The number of aliphatic hydroxyl groups is 1. The maximum absolute atomic E-state index is 10.3. The van der Waals surface area contributed by atoms with Gasteiger partial charge in [0.2, 0.25) is 0 Å². The third-order valence-corrected chi connectivity index (χ3v) is 2.38. The van der Waals surface area contributed by atoms with Crippen LogP contribution in [-0.2, 0) is 19.1 Å². The quantitative estimate of drug-likeness (QED) is 0.241. The number of carboxylic acids is 2. The molecular formula is C14H25KO7. The normalized spacial score (nSPS) is 9.00. The number of aliphatic hydroxyl groups excluding tert-OH is 1. The number of aliphatic carboxylic acids is 2. The molecule has 0 radical (unpaired) electrons. The summed E-state index contributed by atoms with van der Waals surface area (Å²) in [5.74, 6) is -2.07. The summed E-state index contributed by atoms with van der Waals surface area (Å²) in [6.07, 6.45) is 4.56. The molecule has 0 unspecified atom stereocenters. The van der Waals surface area contributed by atoms with Crippen LogP contribution < -0.4 is 56.5 Å². The second kappa shape index (κ2) is 21.0. The van der Waals surface area contributed by atoms with Gasteiger partial charge in [-0.3, -0.25) is 9.59 Å². The number of hydrogen-bond donors (Lipinski definition) is 2. The molecule has 0 aliphatic rings. The first-order valence-electron chi connectivity index (χ1n) is 7.06. The molecule has 22 heavy (non-hydrogen) atoms. The molecule has 0 saturated carbocycles. The summed E-state index contributed by atoms with van der Waals surface area (Å²) in [7, 11) is 0. The number of carbonyl (C=O) groups is 3. The summed E-state index contributed by atoms with van der Waals surface area (Å²) < 4.78 is 4.66. The largest absolute Gasteiger partial charge is 1.00 e. The molecule has 0 atom stereocenters. The minimum atomic E-state index is -1.01. The molecule has 0 rings (SSSR count). The van der Waals surface area contributed by atoms with Gasteiger partial charge in [-0.15, -0.1) is 0 Å². The number of unbranched alkanes of at least 4 members (excludes halogenated alkanes) is 4. The monoisotopic (exact) mass is 344 g/mol. The predicted octanol–water partition coefficient (Wildman–Crippen LogP) is -2.51. The van der Waals surface area contributed by atoms with Crippen molar-refractivity contribution in [2.45, 2.75) is 58.3 Å². The average Bonchev–Trinajstić information content (AvgIpc) is 2.39. The Morgan fingerprint density at radius 1 is 0.955 bits per heavy atom. The molecule has 0 saturated heterocycles. The van der Waals surface area contributed by atoms with E-state index in [0.717, 1.165) is 19.3 Å². The summed E-state index contributed by atoms with van der Waals surface area (Å²) in [5, 5.41) is 26.3. The number of carbonyl (C=O) groups excluding carboxylic acids is 2. The summed E-state index contributed by atoms with van der Waals surface area (Å²) in [6.45, 7) is 1.90. The van der Waals surface area contributed by atoms with Gasteiger partial charge in [-0.1, -0.05) is 6.42 Å². The Labute approximate surface area is 173 Å². The van der Waals surface area contributed by atoms with E-state index in [2.05, 4.69) is 4.74 Å². The number of esters is 1. The van der Waals surface area contributed by atoms with Gasteiger partial charge >= 0.3 is 63.3 Å². The second-order valence-corrected chi connectivity index (χ2v) is 4.45. The van der Waals surface area contributed by atoms with Crippen LogP contribution >= 0.6 is 0 Å². The fraction of sp³-hybridized carbons (Fsp3) is 0.786. The molecule has 0 aromatic heterocycles. The zero-order valence-electron chi connectivity index (χ0n) is 13.5. The smallest absolute Gasteiger partial charge is 0.550 e. The molecular weight excluding hydrogens is 319 g/mol. The van der Waals surface area contributed by atoms with E-state index in [-0.39, 0.29) is 76.8 Å². The van der Waals surface area contributed by atoms with Gasteiger partial charge in [0.25, 0.3) is 0 Å². The Bertz CT molecular complexity index is 277. The van der Waals surface area contributed by atoms with Crippen molar-refractivity contribution in [2.24, 2.45) is 0 Å². The maximum Gasteiger partial charge on any atom is 1.00 e. The Hall–Kier alpha value is 0.00636. The zero-order valence-corrected chi connectivity index (χ0v) is 16.6. The van der Waals surface area contributed by atoms with Crippen LogP contribution in [0.1, 0.15) is 58.3 Å². The summed E-state index contributed by atoms with van der Waals surface area (Å²) >= 11 is 0. The number of ether oxygens (including phenoxy) is 1. The molecule has 0 aromatic rings. The molecule has 0 aliphatic heterocycles. The van der Waals surface area contributed by atoms with Gasteiger partial charge in [0, 0.05) is 25.9 Å². The minimum Gasteiger partial charge on any atom is -0.550 e. The Balaban J connectivity index is -0.000000326. The summed E-state index contributed by atoms with van der Waals surface area (Å²) in [4.78, 5) is 30.1. The van der Waals surface area contributed by atoms with Crippen LogP contribution in [0, 0.1) is 0 Å². The fourth-order valence-electron chi connectivity index (χ4n) is 1.33. The van der Waals surface area contributed by atoms with Crippen molar-refractivity contribution in [1.82, 2.24) is 0 Å². The van der Waals surface area contributed by atoms with Crippen LogP contribution in [0.3, 0.4) is 0 Å². The van der Waals surface area contributed by atoms with Crippen molar-refractivity contribution in [1.29, 1.82) is 0 Å². The molecule has 2 N–H and O–H groups in total. The summed E-state index contributed by atoms with van der Waals surface area (Å²) in [5.41, 5.74) is 0. The average molecular weight is 344 g/mol. The van der Waals surface area contributed by atoms with Gasteiger partial charge in [-0.05, 0) is 38.5 Å². The number of hydrogen-bond acceptors (Lipinski definition) is 6. The van der Waals surface area contributed by atoms with Gasteiger partial charge in [-0.2, -0.15) is 0 Å². The van der Waals surface area contributed by atoms with E-state index in [1.54, 1.807) is 0 Å². The Morgan fingerprint density at radius 3 is 1.95 bits per heavy atom. The first-order valence-corrected chi connectivity index (χ1v) is 7.06. The van der Waals surface area contributed by atoms with E-state index in [1.807, 2.05) is 0 Å². The first kappa shape index (κ1) is 26.9. The van der Waals surface area contributed by atoms with Crippen molar-refractivity contribution in [3.63, 3.8) is 0 Å². The van der Waals surface area contributed by atoms with E-state index < -0.39 is 11.9 Å². The van der Waals surface area contributed by atoms with E-state index >= 15 is 0 Å². The van der Waals surface area contributed by atoms with Crippen LogP contribution in [0.15, 0.2) is 0 Å². The third-order valence-electron chi connectivity index (χ3n) is 2.38. The van der Waals surface area contributed by atoms with E-state index in [0.29, 0.717) is 25.9 Å². The number of rotatable bonds is 11. The van der Waals surface area contributed by atoms with Crippen LogP contribution in [0.5, 0.6) is 0 Å². The van der Waals surface area contributed by atoms with Crippen molar-refractivity contribution >= 4 is 17.9 Å². The molecule has 0 aliphatic carbocycles. The molecule has 124 valence electrons. The van der Waals surface area contributed by atoms with Crippen LogP contribution in [-0.4, -0.2) is 41.3 Å². The van der Waals surface area contributed by atoms with E-state index in [4.69, 9.17) is 10.2 Å². The standard InChI is InChI=1S/C8H14O4.C6H12O3.K/c1-7(9)12-6-4-2-3-5-8(10)11;7-5-3-1-2-4-6(8)9;/h2-6H2,1H3,(H,10,11);7H,1-5H2,(H,8,9);/q;;+1/p-1. The topological polar surface area (TPSA) is 124 Å². The fourth-order valence-corrected chi connectivity index (χ4v) is 1.33. The Kier molecular flexibility index (Phi) is 25.7.